The first-order valence-corrected chi connectivity index (χ1v) is 6.16. The average molecular weight is 233 g/mol. The van der Waals surface area contributed by atoms with Gasteiger partial charge in [-0.3, -0.25) is 4.79 Å². The number of carbonyl (C=O) groups excluding carboxylic acids is 1. The van der Waals surface area contributed by atoms with Gasteiger partial charge in [0.1, 0.15) is 0 Å². The second kappa shape index (κ2) is 5.32. The first-order chi connectivity index (χ1) is 8.22. The summed E-state index contributed by atoms with van der Waals surface area (Å²) in [6.07, 6.45) is 0. The van der Waals surface area contributed by atoms with Crippen LogP contribution in [0.1, 0.15) is 24.0 Å². The number of benzene rings is 1. The van der Waals surface area contributed by atoms with Crippen molar-refractivity contribution in [1.29, 1.82) is 0 Å². The number of rotatable bonds is 3. The molecule has 2 rings (SSSR count). The molecule has 0 radical (unpaired) electrons. The van der Waals surface area contributed by atoms with Crippen LogP contribution in [0.25, 0.3) is 0 Å². The summed E-state index contributed by atoms with van der Waals surface area (Å²) in [5.41, 5.74) is 2.46. The van der Waals surface area contributed by atoms with Crippen molar-refractivity contribution in [3.05, 3.63) is 35.4 Å². The molecule has 1 aliphatic rings. The molecule has 1 aliphatic heterocycles. The van der Waals surface area contributed by atoms with E-state index in [-0.39, 0.29) is 17.8 Å². The van der Waals surface area contributed by atoms with Gasteiger partial charge in [0.2, 0.25) is 0 Å². The summed E-state index contributed by atoms with van der Waals surface area (Å²) in [5.74, 6) is 0.121. The number of carbonyl (C=O) groups is 1. The van der Waals surface area contributed by atoms with Gasteiger partial charge in [-0.15, -0.1) is 0 Å². The Hall–Kier alpha value is -1.35. The van der Waals surface area contributed by atoms with Crippen LogP contribution in [-0.4, -0.2) is 25.7 Å². The zero-order valence-electron chi connectivity index (χ0n) is 10.4. The largest absolute Gasteiger partial charge is 0.466 e. The molecule has 1 aromatic carbocycles. The number of nitrogens with one attached hydrogen (secondary N) is 1. The Morgan fingerprint density at radius 3 is 2.71 bits per heavy atom. The van der Waals surface area contributed by atoms with Crippen LogP contribution in [0.5, 0.6) is 0 Å². The highest BCUT2D eigenvalue weighted by molar-refractivity contribution is 5.74. The number of ether oxygens (including phenoxy) is 1. The van der Waals surface area contributed by atoms with E-state index < -0.39 is 0 Å². The molecule has 0 amide bonds. The Labute approximate surface area is 102 Å². The number of esters is 1. The summed E-state index contributed by atoms with van der Waals surface area (Å²) >= 11 is 0. The van der Waals surface area contributed by atoms with Crippen LogP contribution in [0.4, 0.5) is 0 Å². The number of hydrogen-bond acceptors (Lipinski definition) is 3. The fraction of sp³-hybridized carbons (Fsp3) is 0.500. The van der Waals surface area contributed by atoms with Crippen LogP contribution in [0.15, 0.2) is 24.3 Å². The predicted octanol–water partition coefficient (Wildman–Crippen LogP) is 1.86. The molecule has 0 saturated carbocycles. The van der Waals surface area contributed by atoms with E-state index in [4.69, 9.17) is 4.74 Å². The molecular weight excluding hydrogens is 214 g/mol. The topological polar surface area (TPSA) is 38.3 Å². The third-order valence-corrected chi connectivity index (χ3v) is 3.31. The molecule has 1 fully saturated rings. The van der Waals surface area contributed by atoms with Crippen molar-refractivity contribution in [2.24, 2.45) is 5.92 Å². The van der Waals surface area contributed by atoms with Crippen LogP contribution in [0.3, 0.4) is 0 Å². The Morgan fingerprint density at radius 1 is 1.35 bits per heavy atom. The maximum Gasteiger partial charge on any atom is 0.310 e. The molecule has 2 atom stereocenters. The highest BCUT2D eigenvalue weighted by Crippen LogP contribution is 2.29. The lowest BCUT2D eigenvalue weighted by Gasteiger charge is -2.17. The number of hydrogen-bond donors (Lipinski definition) is 1. The molecule has 0 aliphatic carbocycles. The third kappa shape index (κ3) is 2.67. The van der Waals surface area contributed by atoms with Crippen molar-refractivity contribution in [2.75, 3.05) is 19.7 Å². The molecule has 3 nitrogen and oxygen atoms in total. The summed E-state index contributed by atoms with van der Waals surface area (Å²) < 4.78 is 5.12. The highest BCUT2D eigenvalue weighted by Gasteiger charge is 2.34. The standard InChI is InChI=1S/C14H19NO2/c1-3-17-14(16)13-9-15-8-12(13)11-6-4-10(2)5-7-11/h4-7,12-13,15H,3,8-9H2,1-2H3/t12-,13+/m0/s1. The zero-order valence-corrected chi connectivity index (χ0v) is 10.4. The minimum absolute atomic E-state index is 0.0438. The highest BCUT2D eigenvalue weighted by atomic mass is 16.5. The number of aryl methyl sites for hydroxylation is 1. The maximum atomic E-state index is 11.8. The van der Waals surface area contributed by atoms with Crippen LogP contribution >= 0.6 is 0 Å². The molecule has 17 heavy (non-hydrogen) atoms. The Bertz CT molecular complexity index is 386. The van der Waals surface area contributed by atoms with E-state index in [2.05, 4.69) is 36.5 Å². The summed E-state index contributed by atoms with van der Waals surface area (Å²) in [6.45, 7) is 5.94. The summed E-state index contributed by atoms with van der Waals surface area (Å²) in [7, 11) is 0. The molecule has 0 bridgehead atoms. The van der Waals surface area contributed by atoms with E-state index in [1.165, 1.54) is 11.1 Å². The van der Waals surface area contributed by atoms with Gasteiger partial charge in [-0.2, -0.15) is 0 Å². The quantitative estimate of drug-likeness (QED) is 0.810. The van der Waals surface area contributed by atoms with Gasteiger partial charge in [0.05, 0.1) is 12.5 Å². The minimum Gasteiger partial charge on any atom is -0.466 e. The van der Waals surface area contributed by atoms with Gasteiger partial charge < -0.3 is 10.1 Å². The van der Waals surface area contributed by atoms with Gasteiger partial charge in [0.25, 0.3) is 0 Å². The van der Waals surface area contributed by atoms with Gasteiger partial charge in [-0.05, 0) is 19.4 Å². The second-order valence-corrected chi connectivity index (χ2v) is 4.53. The summed E-state index contributed by atoms with van der Waals surface area (Å²) in [4.78, 5) is 11.8. The van der Waals surface area contributed by atoms with Crippen molar-refractivity contribution in [2.45, 2.75) is 19.8 Å². The van der Waals surface area contributed by atoms with Crippen molar-refractivity contribution in [3.63, 3.8) is 0 Å². The van der Waals surface area contributed by atoms with Crippen molar-refractivity contribution in [1.82, 2.24) is 5.32 Å². The van der Waals surface area contributed by atoms with Crippen LogP contribution in [-0.2, 0) is 9.53 Å². The van der Waals surface area contributed by atoms with Gasteiger partial charge in [-0.1, -0.05) is 29.8 Å². The van der Waals surface area contributed by atoms with E-state index in [1.54, 1.807) is 0 Å². The second-order valence-electron chi connectivity index (χ2n) is 4.53. The molecule has 3 heteroatoms. The minimum atomic E-state index is -0.0805. The lowest BCUT2D eigenvalue weighted by Crippen LogP contribution is -2.24. The van der Waals surface area contributed by atoms with Gasteiger partial charge >= 0.3 is 5.97 Å². The maximum absolute atomic E-state index is 11.8. The molecule has 0 aromatic heterocycles. The van der Waals surface area contributed by atoms with Crippen LogP contribution < -0.4 is 5.32 Å². The smallest absolute Gasteiger partial charge is 0.310 e. The monoisotopic (exact) mass is 233 g/mol. The lowest BCUT2D eigenvalue weighted by atomic mass is 9.88. The van der Waals surface area contributed by atoms with Crippen molar-refractivity contribution < 1.29 is 9.53 Å². The Balaban J connectivity index is 2.14. The van der Waals surface area contributed by atoms with Gasteiger partial charge in [0, 0.05) is 19.0 Å². The van der Waals surface area contributed by atoms with Crippen molar-refractivity contribution >= 4 is 5.97 Å². The third-order valence-electron chi connectivity index (χ3n) is 3.31. The predicted molar refractivity (Wildman–Crippen MR) is 66.9 cm³/mol. The van der Waals surface area contributed by atoms with E-state index in [9.17, 15) is 4.79 Å². The van der Waals surface area contributed by atoms with Crippen LogP contribution in [0, 0.1) is 12.8 Å². The Morgan fingerprint density at radius 2 is 2.06 bits per heavy atom. The van der Waals surface area contributed by atoms with E-state index in [0.29, 0.717) is 6.61 Å². The fourth-order valence-electron chi connectivity index (χ4n) is 2.34. The van der Waals surface area contributed by atoms with E-state index in [0.717, 1.165) is 13.1 Å². The first kappa shape index (κ1) is 12.1. The molecule has 1 heterocycles. The van der Waals surface area contributed by atoms with Crippen molar-refractivity contribution in [3.8, 4) is 0 Å². The Kier molecular flexibility index (Phi) is 3.79. The fourth-order valence-corrected chi connectivity index (χ4v) is 2.34. The molecule has 0 spiro atoms. The van der Waals surface area contributed by atoms with Gasteiger partial charge in [-0.25, -0.2) is 0 Å². The average Bonchev–Trinajstić information content (AvgIpc) is 2.79. The SMILES string of the molecule is CCOC(=O)[C@@H]1CNC[C@H]1c1ccc(C)cc1. The van der Waals surface area contributed by atoms with Gasteiger partial charge in [0.15, 0.2) is 0 Å². The normalized spacial score (nSPS) is 23.6. The molecule has 1 N–H and O–H groups in total. The zero-order chi connectivity index (χ0) is 12.3. The molecule has 1 aromatic rings. The van der Waals surface area contributed by atoms with E-state index in [1.807, 2.05) is 6.92 Å². The molecule has 0 unspecified atom stereocenters. The molecule has 1 saturated heterocycles. The lowest BCUT2D eigenvalue weighted by molar-refractivity contribution is -0.147. The molecular formula is C14H19NO2. The van der Waals surface area contributed by atoms with Crippen LogP contribution in [0.2, 0.25) is 0 Å². The summed E-state index contributed by atoms with van der Waals surface area (Å²) in [6, 6.07) is 8.41. The molecule has 92 valence electrons. The van der Waals surface area contributed by atoms with E-state index >= 15 is 0 Å². The summed E-state index contributed by atoms with van der Waals surface area (Å²) in [5, 5.41) is 3.27. The first-order valence-electron chi connectivity index (χ1n) is 6.16.